The summed E-state index contributed by atoms with van der Waals surface area (Å²) in [5, 5.41) is 2.30. The zero-order valence-corrected chi connectivity index (χ0v) is 10.5. The minimum absolute atomic E-state index is 0.840. The summed E-state index contributed by atoms with van der Waals surface area (Å²) in [4.78, 5) is 8.32. The van der Waals surface area contributed by atoms with Crippen molar-refractivity contribution >= 4 is 10.8 Å². The van der Waals surface area contributed by atoms with E-state index < -0.39 is 0 Å². The molecule has 4 nitrogen and oxygen atoms in total. The Morgan fingerprint density at radius 2 is 1.15 bits per heavy atom. The van der Waals surface area contributed by atoms with E-state index in [9.17, 15) is 0 Å². The standard InChI is InChI=1S/C16H10N2O2/c1-3-13(15-7-19-9-17-15)6-12-2-4-14(5-11(1)12)16-8-20-10-18-16/h1-10H. The van der Waals surface area contributed by atoms with E-state index in [1.54, 1.807) is 12.5 Å². The number of nitrogens with zero attached hydrogens (tertiary/aromatic N) is 2. The van der Waals surface area contributed by atoms with Crippen molar-refractivity contribution in [2.45, 2.75) is 0 Å². The first-order chi connectivity index (χ1) is 9.90. The van der Waals surface area contributed by atoms with Gasteiger partial charge >= 0.3 is 0 Å². The molecular weight excluding hydrogens is 252 g/mol. The molecule has 0 aliphatic carbocycles. The zero-order chi connectivity index (χ0) is 13.4. The van der Waals surface area contributed by atoms with Crippen LogP contribution in [-0.4, -0.2) is 9.97 Å². The van der Waals surface area contributed by atoms with Crippen LogP contribution in [0.3, 0.4) is 0 Å². The number of rotatable bonds is 2. The second-order valence-corrected chi connectivity index (χ2v) is 4.52. The largest absolute Gasteiger partial charge is 0.451 e. The molecule has 2 aromatic heterocycles. The predicted molar refractivity (Wildman–Crippen MR) is 74.9 cm³/mol. The van der Waals surface area contributed by atoms with Gasteiger partial charge in [-0.3, -0.25) is 0 Å². The van der Waals surface area contributed by atoms with Gasteiger partial charge < -0.3 is 8.83 Å². The summed E-state index contributed by atoms with van der Waals surface area (Å²) < 4.78 is 10.0. The average molecular weight is 262 g/mol. The molecule has 20 heavy (non-hydrogen) atoms. The SMILES string of the molecule is c1nc(-c2ccc3cc(-c4cocn4)ccc3c2)co1. The van der Waals surface area contributed by atoms with Gasteiger partial charge in [0, 0.05) is 11.1 Å². The first-order valence-electron chi connectivity index (χ1n) is 6.21. The van der Waals surface area contributed by atoms with Crippen LogP contribution < -0.4 is 0 Å². The molecular formula is C16H10N2O2. The van der Waals surface area contributed by atoms with Gasteiger partial charge in [0.1, 0.15) is 23.9 Å². The molecule has 0 spiro atoms. The van der Waals surface area contributed by atoms with Crippen molar-refractivity contribution in [3.05, 3.63) is 61.7 Å². The van der Waals surface area contributed by atoms with Crippen molar-refractivity contribution in [3.63, 3.8) is 0 Å². The second kappa shape index (κ2) is 4.35. The van der Waals surface area contributed by atoms with Gasteiger partial charge in [0.05, 0.1) is 0 Å². The van der Waals surface area contributed by atoms with Crippen LogP contribution in [0.25, 0.3) is 33.3 Å². The maximum atomic E-state index is 5.02. The van der Waals surface area contributed by atoms with Crippen molar-refractivity contribution in [1.29, 1.82) is 0 Å². The number of benzene rings is 2. The van der Waals surface area contributed by atoms with Crippen LogP contribution in [0.2, 0.25) is 0 Å². The van der Waals surface area contributed by atoms with Crippen LogP contribution in [0.1, 0.15) is 0 Å². The van der Waals surface area contributed by atoms with Crippen LogP contribution in [-0.2, 0) is 0 Å². The normalized spacial score (nSPS) is 11.0. The summed E-state index contributed by atoms with van der Waals surface area (Å²) in [6, 6.07) is 12.4. The van der Waals surface area contributed by atoms with Crippen LogP contribution in [0.5, 0.6) is 0 Å². The van der Waals surface area contributed by atoms with Gasteiger partial charge in [-0.15, -0.1) is 0 Å². The lowest BCUT2D eigenvalue weighted by Gasteiger charge is -2.03. The summed E-state index contributed by atoms with van der Waals surface area (Å²) in [6.45, 7) is 0. The summed E-state index contributed by atoms with van der Waals surface area (Å²) >= 11 is 0. The van der Waals surface area contributed by atoms with Crippen molar-refractivity contribution in [2.24, 2.45) is 0 Å². The van der Waals surface area contributed by atoms with Gasteiger partial charge in [-0.25, -0.2) is 9.97 Å². The summed E-state index contributed by atoms with van der Waals surface area (Å²) in [5.41, 5.74) is 3.76. The van der Waals surface area contributed by atoms with Gasteiger partial charge in [0.15, 0.2) is 12.8 Å². The summed E-state index contributed by atoms with van der Waals surface area (Å²) in [6.07, 6.45) is 6.16. The number of fused-ring (bicyclic) bond motifs is 1. The lowest BCUT2D eigenvalue weighted by Crippen LogP contribution is -1.81. The summed E-state index contributed by atoms with van der Waals surface area (Å²) in [5.74, 6) is 0. The third-order valence-corrected chi connectivity index (χ3v) is 3.30. The van der Waals surface area contributed by atoms with E-state index in [1.165, 1.54) is 12.8 Å². The molecule has 0 unspecified atom stereocenters. The maximum Gasteiger partial charge on any atom is 0.181 e. The highest BCUT2D eigenvalue weighted by molar-refractivity contribution is 5.89. The second-order valence-electron chi connectivity index (χ2n) is 4.52. The average Bonchev–Trinajstić information content (AvgIpc) is 3.19. The molecule has 2 aromatic carbocycles. The van der Waals surface area contributed by atoms with Crippen LogP contribution >= 0.6 is 0 Å². The van der Waals surface area contributed by atoms with Crippen molar-refractivity contribution < 1.29 is 8.83 Å². The first kappa shape index (κ1) is 11.0. The summed E-state index contributed by atoms with van der Waals surface area (Å²) in [7, 11) is 0. The van der Waals surface area contributed by atoms with E-state index in [-0.39, 0.29) is 0 Å². The van der Waals surface area contributed by atoms with E-state index in [0.717, 1.165) is 33.3 Å². The third-order valence-electron chi connectivity index (χ3n) is 3.30. The van der Waals surface area contributed by atoms with E-state index in [4.69, 9.17) is 8.83 Å². The Bertz CT molecular complexity index is 776. The van der Waals surface area contributed by atoms with E-state index in [2.05, 4.69) is 34.2 Å². The number of hydrogen-bond acceptors (Lipinski definition) is 4. The van der Waals surface area contributed by atoms with E-state index in [0.29, 0.717) is 0 Å². The highest BCUT2D eigenvalue weighted by Crippen LogP contribution is 2.27. The molecule has 0 saturated carbocycles. The van der Waals surface area contributed by atoms with Gasteiger partial charge in [0.25, 0.3) is 0 Å². The van der Waals surface area contributed by atoms with Gasteiger partial charge in [0.2, 0.25) is 0 Å². The molecule has 4 heteroatoms. The van der Waals surface area contributed by atoms with Gasteiger partial charge in [-0.05, 0) is 22.9 Å². The highest BCUT2D eigenvalue weighted by atomic mass is 16.3. The Balaban J connectivity index is 1.83. The predicted octanol–water partition coefficient (Wildman–Crippen LogP) is 4.15. The molecule has 0 amide bonds. The Morgan fingerprint density at radius 3 is 1.55 bits per heavy atom. The minimum atomic E-state index is 0.840. The fourth-order valence-electron chi connectivity index (χ4n) is 2.27. The van der Waals surface area contributed by atoms with Crippen LogP contribution in [0.4, 0.5) is 0 Å². The Labute approximate surface area is 114 Å². The Kier molecular flexibility index (Phi) is 2.39. The third kappa shape index (κ3) is 1.78. The molecule has 4 rings (SSSR count). The molecule has 0 saturated heterocycles. The van der Waals surface area contributed by atoms with Gasteiger partial charge in [-0.2, -0.15) is 0 Å². The quantitative estimate of drug-likeness (QED) is 0.544. The molecule has 2 heterocycles. The minimum Gasteiger partial charge on any atom is -0.451 e. The fraction of sp³-hybridized carbons (Fsp3) is 0. The van der Waals surface area contributed by atoms with Crippen LogP contribution in [0, 0.1) is 0 Å². The van der Waals surface area contributed by atoms with E-state index in [1.807, 2.05) is 12.1 Å². The van der Waals surface area contributed by atoms with Crippen molar-refractivity contribution in [3.8, 4) is 22.5 Å². The molecule has 0 N–H and O–H groups in total. The molecule has 0 aliphatic heterocycles. The lowest BCUT2D eigenvalue weighted by atomic mass is 10.0. The highest BCUT2D eigenvalue weighted by Gasteiger charge is 2.05. The van der Waals surface area contributed by atoms with Crippen molar-refractivity contribution in [2.75, 3.05) is 0 Å². The molecule has 4 aromatic rings. The molecule has 0 aliphatic rings. The smallest absolute Gasteiger partial charge is 0.181 e. The number of oxazole rings is 2. The molecule has 0 atom stereocenters. The lowest BCUT2D eigenvalue weighted by molar-refractivity contribution is 0.558. The Hall–Kier alpha value is -2.88. The molecule has 0 radical (unpaired) electrons. The topological polar surface area (TPSA) is 52.1 Å². The van der Waals surface area contributed by atoms with E-state index >= 15 is 0 Å². The molecule has 0 fully saturated rings. The number of hydrogen-bond donors (Lipinski definition) is 0. The molecule has 96 valence electrons. The maximum absolute atomic E-state index is 5.02. The molecule has 0 bridgehead atoms. The Morgan fingerprint density at radius 1 is 0.650 bits per heavy atom. The first-order valence-corrected chi connectivity index (χ1v) is 6.21. The van der Waals surface area contributed by atoms with Gasteiger partial charge in [-0.1, -0.05) is 24.3 Å². The van der Waals surface area contributed by atoms with Crippen molar-refractivity contribution in [1.82, 2.24) is 9.97 Å². The monoisotopic (exact) mass is 262 g/mol. The number of aromatic nitrogens is 2. The zero-order valence-electron chi connectivity index (χ0n) is 10.5. The fourth-order valence-corrected chi connectivity index (χ4v) is 2.27. The van der Waals surface area contributed by atoms with Crippen LogP contribution in [0.15, 0.2) is 70.5 Å².